The second-order valence-electron chi connectivity index (χ2n) is 6.88. The van der Waals surface area contributed by atoms with Crippen LogP contribution in [0.2, 0.25) is 0 Å². The Balaban J connectivity index is 1.46. The van der Waals surface area contributed by atoms with Crippen LogP contribution in [0, 0.1) is 5.92 Å². The minimum atomic E-state index is -0.356. The largest absolute Gasteiger partial charge is 0.395 e. The number of hydrogen-bond acceptors (Lipinski definition) is 5. The average Bonchev–Trinajstić information content (AvgIpc) is 3.36. The molecule has 0 aromatic rings. The van der Waals surface area contributed by atoms with Crippen LogP contribution >= 0.6 is 0 Å². The Morgan fingerprint density at radius 2 is 1.91 bits per heavy atom. The first-order valence-corrected chi connectivity index (χ1v) is 8.80. The molecule has 0 radical (unpaired) electrons. The molecule has 3 aliphatic rings. The molecule has 0 bridgehead atoms. The van der Waals surface area contributed by atoms with Gasteiger partial charge in [-0.2, -0.15) is 0 Å². The highest BCUT2D eigenvalue weighted by atomic mass is 16.3. The van der Waals surface area contributed by atoms with Gasteiger partial charge in [-0.05, 0) is 18.8 Å². The van der Waals surface area contributed by atoms with E-state index in [1.807, 2.05) is 9.80 Å². The molecule has 1 unspecified atom stereocenters. The highest BCUT2D eigenvalue weighted by Crippen LogP contribution is 2.30. The van der Waals surface area contributed by atoms with Gasteiger partial charge in [-0.3, -0.25) is 14.5 Å². The van der Waals surface area contributed by atoms with Crippen molar-refractivity contribution >= 4 is 11.8 Å². The van der Waals surface area contributed by atoms with Crippen molar-refractivity contribution in [2.45, 2.75) is 25.3 Å². The Hall–Kier alpha value is -1.18. The van der Waals surface area contributed by atoms with E-state index in [9.17, 15) is 9.59 Å². The number of hydrogen-bond donors (Lipinski definition) is 2. The molecule has 7 nitrogen and oxygen atoms in total. The second-order valence-corrected chi connectivity index (χ2v) is 6.88. The normalized spacial score (nSPS) is 26.7. The van der Waals surface area contributed by atoms with Crippen LogP contribution in [-0.2, 0) is 9.59 Å². The SMILES string of the molecule is O=C(CC1NCCN(CC2CC2)C1=O)N1CCN(CCO)CC1. The Morgan fingerprint density at radius 1 is 1.17 bits per heavy atom. The minimum Gasteiger partial charge on any atom is -0.395 e. The van der Waals surface area contributed by atoms with Crippen LogP contribution < -0.4 is 5.32 Å². The van der Waals surface area contributed by atoms with Crippen LogP contribution in [0.4, 0.5) is 0 Å². The summed E-state index contributed by atoms with van der Waals surface area (Å²) in [5, 5.41) is 12.2. The van der Waals surface area contributed by atoms with Gasteiger partial charge < -0.3 is 20.2 Å². The molecule has 2 heterocycles. The molecular formula is C16H28N4O3. The summed E-state index contributed by atoms with van der Waals surface area (Å²) >= 11 is 0. The summed E-state index contributed by atoms with van der Waals surface area (Å²) in [6.07, 6.45) is 2.73. The zero-order valence-corrected chi connectivity index (χ0v) is 13.7. The number of nitrogens with zero attached hydrogens (tertiary/aromatic N) is 3. The van der Waals surface area contributed by atoms with Gasteiger partial charge >= 0.3 is 0 Å². The highest BCUT2D eigenvalue weighted by Gasteiger charge is 2.34. The first kappa shape index (κ1) is 16.7. The van der Waals surface area contributed by atoms with Crippen molar-refractivity contribution in [1.82, 2.24) is 20.0 Å². The molecule has 1 aliphatic carbocycles. The molecule has 2 amide bonds. The number of aliphatic hydroxyl groups is 1. The van der Waals surface area contributed by atoms with Crippen LogP contribution in [0.3, 0.4) is 0 Å². The third-order valence-electron chi connectivity index (χ3n) is 5.08. The van der Waals surface area contributed by atoms with E-state index < -0.39 is 0 Å². The molecule has 0 spiro atoms. The number of nitrogens with one attached hydrogen (secondary N) is 1. The summed E-state index contributed by atoms with van der Waals surface area (Å²) < 4.78 is 0. The van der Waals surface area contributed by atoms with Crippen molar-refractivity contribution in [1.29, 1.82) is 0 Å². The van der Waals surface area contributed by atoms with Gasteiger partial charge in [-0.1, -0.05) is 0 Å². The van der Waals surface area contributed by atoms with E-state index in [-0.39, 0.29) is 30.9 Å². The summed E-state index contributed by atoms with van der Waals surface area (Å²) in [6.45, 7) is 6.20. The molecule has 3 rings (SSSR count). The van der Waals surface area contributed by atoms with Crippen molar-refractivity contribution in [3.8, 4) is 0 Å². The van der Waals surface area contributed by atoms with Crippen molar-refractivity contribution < 1.29 is 14.7 Å². The number of piperazine rings is 2. The molecule has 0 aromatic heterocycles. The smallest absolute Gasteiger partial charge is 0.240 e. The number of carbonyl (C=O) groups excluding carboxylic acids is 2. The highest BCUT2D eigenvalue weighted by molar-refractivity contribution is 5.89. The van der Waals surface area contributed by atoms with Gasteiger partial charge in [0.2, 0.25) is 11.8 Å². The minimum absolute atomic E-state index is 0.0628. The van der Waals surface area contributed by atoms with Crippen molar-refractivity contribution in [3.05, 3.63) is 0 Å². The molecule has 2 aliphatic heterocycles. The van der Waals surface area contributed by atoms with Crippen molar-refractivity contribution in [2.75, 3.05) is 59.0 Å². The van der Waals surface area contributed by atoms with E-state index in [0.29, 0.717) is 25.6 Å². The lowest BCUT2D eigenvalue weighted by Crippen LogP contribution is -2.57. The molecule has 23 heavy (non-hydrogen) atoms. The van der Waals surface area contributed by atoms with Gasteiger partial charge in [0.25, 0.3) is 0 Å². The van der Waals surface area contributed by atoms with E-state index in [4.69, 9.17) is 5.11 Å². The lowest BCUT2D eigenvalue weighted by molar-refractivity contribution is -0.141. The maximum Gasteiger partial charge on any atom is 0.240 e. The molecule has 2 saturated heterocycles. The Kier molecular flexibility index (Phi) is 5.50. The number of rotatable bonds is 6. The fourth-order valence-electron chi connectivity index (χ4n) is 3.41. The number of carbonyl (C=O) groups is 2. The third kappa shape index (κ3) is 4.43. The van der Waals surface area contributed by atoms with Crippen LogP contribution in [0.25, 0.3) is 0 Å². The summed E-state index contributed by atoms with van der Waals surface area (Å²) in [5.74, 6) is 0.844. The predicted molar refractivity (Wildman–Crippen MR) is 85.8 cm³/mol. The number of aliphatic hydroxyl groups excluding tert-OH is 1. The molecule has 3 fully saturated rings. The average molecular weight is 324 g/mol. The van der Waals surface area contributed by atoms with Gasteiger partial charge in [0.15, 0.2) is 0 Å². The quantitative estimate of drug-likeness (QED) is 0.637. The number of β-amino-alcohol motifs (C(OH)–C–C–N with tert-alkyl or cyclic N) is 1. The monoisotopic (exact) mass is 324 g/mol. The van der Waals surface area contributed by atoms with E-state index >= 15 is 0 Å². The van der Waals surface area contributed by atoms with Crippen molar-refractivity contribution in [2.24, 2.45) is 5.92 Å². The lowest BCUT2D eigenvalue weighted by atomic mass is 10.1. The standard InChI is InChI=1S/C16H28N4O3/c21-10-9-18-5-7-19(8-6-18)15(22)11-14-16(23)20(4-3-17-14)12-13-1-2-13/h13-14,17,21H,1-12H2. The van der Waals surface area contributed by atoms with Crippen LogP contribution in [0.1, 0.15) is 19.3 Å². The molecule has 2 N–H and O–H groups in total. The second kappa shape index (κ2) is 7.59. The van der Waals surface area contributed by atoms with Gasteiger partial charge in [0.05, 0.1) is 19.1 Å². The Morgan fingerprint density at radius 3 is 2.57 bits per heavy atom. The Bertz CT molecular complexity index is 433. The van der Waals surface area contributed by atoms with E-state index in [1.165, 1.54) is 12.8 Å². The maximum absolute atomic E-state index is 12.5. The first-order chi connectivity index (χ1) is 11.2. The summed E-state index contributed by atoms with van der Waals surface area (Å²) in [7, 11) is 0. The van der Waals surface area contributed by atoms with Gasteiger partial charge in [0.1, 0.15) is 0 Å². The fraction of sp³-hybridized carbons (Fsp3) is 0.875. The molecule has 1 atom stereocenters. The molecule has 1 saturated carbocycles. The Labute approximate surface area is 137 Å². The molecule has 0 aromatic carbocycles. The van der Waals surface area contributed by atoms with Crippen LogP contribution in [0.5, 0.6) is 0 Å². The van der Waals surface area contributed by atoms with Crippen molar-refractivity contribution in [3.63, 3.8) is 0 Å². The zero-order chi connectivity index (χ0) is 16.2. The topological polar surface area (TPSA) is 76.1 Å². The molecular weight excluding hydrogens is 296 g/mol. The number of amides is 2. The van der Waals surface area contributed by atoms with Crippen LogP contribution in [-0.4, -0.2) is 96.6 Å². The third-order valence-corrected chi connectivity index (χ3v) is 5.08. The predicted octanol–water partition coefficient (Wildman–Crippen LogP) is -1.28. The molecule has 130 valence electrons. The maximum atomic E-state index is 12.5. The zero-order valence-electron chi connectivity index (χ0n) is 13.7. The molecule has 7 heteroatoms. The van der Waals surface area contributed by atoms with Gasteiger partial charge in [-0.15, -0.1) is 0 Å². The van der Waals surface area contributed by atoms with Gasteiger partial charge in [-0.25, -0.2) is 0 Å². The fourth-order valence-corrected chi connectivity index (χ4v) is 3.41. The van der Waals surface area contributed by atoms with E-state index in [2.05, 4.69) is 10.2 Å². The summed E-state index contributed by atoms with van der Waals surface area (Å²) in [5.41, 5.74) is 0. The van der Waals surface area contributed by atoms with Crippen LogP contribution in [0.15, 0.2) is 0 Å². The van der Waals surface area contributed by atoms with E-state index in [0.717, 1.165) is 32.7 Å². The van der Waals surface area contributed by atoms with Gasteiger partial charge in [0, 0.05) is 52.4 Å². The lowest BCUT2D eigenvalue weighted by Gasteiger charge is -2.37. The summed E-state index contributed by atoms with van der Waals surface area (Å²) in [6, 6.07) is -0.356. The first-order valence-electron chi connectivity index (χ1n) is 8.80. The summed E-state index contributed by atoms with van der Waals surface area (Å²) in [4.78, 5) is 30.9. The van der Waals surface area contributed by atoms with E-state index in [1.54, 1.807) is 0 Å².